The van der Waals surface area contributed by atoms with Gasteiger partial charge < -0.3 is 5.32 Å². The number of nitrogens with zero attached hydrogens (tertiary/aromatic N) is 1. The summed E-state index contributed by atoms with van der Waals surface area (Å²) in [6, 6.07) is 3.18. The number of benzene rings is 1. The molecule has 2 rings (SSSR count). The summed E-state index contributed by atoms with van der Waals surface area (Å²) in [6.45, 7) is 4.28. The smallest absolute Gasteiger partial charge is 0.233 e. The van der Waals surface area contributed by atoms with Crippen LogP contribution >= 0.6 is 12.2 Å². The zero-order valence-electron chi connectivity index (χ0n) is 10.7. The number of hydrogen-bond donors (Lipinski definition) is 1. The fourth-order valence-corrected chi connectivity index (χ4v) is 2.43. The number of nitrogens with one attached hydrogen (secondary N) is 1. The summed E-state index contributed by atoms with van der Waals surface area (Å²) < 4.78 is 26.3. The average Bonchev–Trinajstić information content (AvgIpc) is 2.56. The minimum atomic E-state index is -0.717. The topological polar surface area (TPSA) is 32.3 Å². The minimum absolute atomic E-state index is 0.135. The average molecular weight is 284 g/mol. The van der Waals surface area contributed by atoms with Crippen molar-refractivity contribution >= 4 is 23.2 Å². The van der Waals surface area contributed by atoms with Gasteiger partial charge in [-0.25, -0.2) is 8.78 Å². The van der Waals surface area contributed by atoms with Gasteiger partial charge in [0.15, 0.2) is 5.11 Å². The number of carbonyl (C=O) groups is 1. The van der Waals surface area contributed by atoms with E-state index in [1.807, 2.05) is 13.8 Å². The monoisotopic (exact) mass is 284 g/mol. The molecule has 6 heteroatoms. The summed E-state index contributed by atoms with van der Waals surface area (Å²) in [6.07, 6.45) is -0.135. The molecule has 1 aromatic carbocycles. The van der Waals surface area contributed by atoms with Gasteiger partial charge >= 0.3 is 0 Å². The van der Waals surface area contributed by atoms with Crippen LogP contribution in [0.4, 0.5) is 8.78 Å². The van der Waals surface area contributed by atoms with Crippen molar-refractivity contribution in [1.29, 1.82) is 0 Å². The molecule has 0 radical (unpaired) electrons. The first-order valence-electron chi connectivity index (χ1n) is 5.85. The van der Waals surface area contributed by atoms with Crippen LogP contribution in [-0.4, -0.2) is 28.0 Å². The number of rotatable bonds is 2. The van der Waals surface area contributed by atoms with Crippen LogP contribution in [0.2, 0.25) is 0 Å². The largest absolute Gasteiger partial charge is 0.356 e. The van der Waals surface area contributed by atoms with E-state index in [1.165, 1.54) is 11.0 Å². The molecule has 1 heterocycles. The number of thiocarbonyl (C=S) groups is 1. The molecule has 1 aromatic rings. The normalized spacial score (nSPS) is 17.5. The lowest BCUT2D eigenvalue weighted by molar-refractivity contribution is -0.126. The highest BCUT2D eigenvalue weighted by atomic mass is 32.1. The molecule has 0 aromatic heterocycles. The molecule has 0 unspecified atom stereocenters. The molecular weight excluding hydrogens is 270 g/mol. The van der Waals surface area contributed by atoms with Gasteiger partial charge in [-0.1, -0.05) is 6.07 Å². The summed E-state index contributed by atoms with van der Waals surface area (Å²) >= 11 is 5.08. The molecule has 19 heavy (non-hydrogen) atoms. The molecule has 1 fully saturated rings. The van der Waals surface area contributed by atoms with Gasteiger partial charge in [-0.3, -0.25) is 9.69 Å². The number of carbonyl (C=O) groups excluding carboxylic acids is 1. The zero-order chi connectivity index (χ0) is 14.2. The van der Waals surface area contributed by atoms with E-state index in [9.17, 15) is 13.6 Å². The Labute approximate surface area is 115 Å². The Morgan fingerprint density at radius 2 is 2.16 bits per heavy atom. The van der Waals surface area contributed by atoms with Gasteiger partial charge in [0.25, 0.3) is 0 Å². The van der Waals surface area contributed by atoms with Crippen molar-refractivity contribution in [3.63, 3.8) is 0 Å². The first-order chi connectivity index (χ1) is 8.78. The van der Waals surface area contributed by atoms with Crippen LogP contribution in [0.25, 0.3) is 0 Å². The van der Waals surface area contributed by atoms with E-state index in [4.69, 9.17) is 12.2 Å². The summed E-state index contributed by atoms with van der Waals surface area (Å²) in [5.74, 6) is -1.67. The molecule has 1 N–H and O–H groups in total. The van der Waals surface area contributed by atoms with Gasteiger partial charge in [-0.05, 0) is 37.7 Å². The third-order valence-electron chi connectivity index (χ3n) is 2.90. The first-order valence-corrected chi connectivity index (χ1v) is 6.26. The molecular formula is C13H14F2N2OS. The quantitative estimate of drug-likeness (QED) is 0.843. The molecule has 0 aliphatic carbocycles. The molecule has 3 nitrogen and oxygen atoms in total. The first kappa shape index (κ1) is 13.9. The van der Waals surface area contributed by atoms with Crippen LogP contribution in [0.1, 0.15) is 19.4 Å². The molecule has 0 saturated carbocycles. The number of hydrogen-bond acceptors (Lipinski definition) is 2. The third-order valence-corrected chi connectivity index (χ3v) is 3.22. The van der Waals surface area contributed by atoms with E-state index in [0.717, 1.165) is 12.1 Å². The van der Waals surface area contributed by atoms with Gasteiger partial charge in [-0.2, -0.15) is 0 Å². The Morgan fingerprint density at radius 3 is 2.68 bits per heavy atom. The molecule has 1 aliphatic heterocycles. The van der Waals surface area contributed by atoms with E-state index in [-0.39, 0.29) is 23.4 Å². The molecule has 1 saturated heterocycles. The van der Waals surface area contributed by atoms with Crippen molar-refractivity contribution in [3.8, 4) is 0 Å². The van der Waals surface area contributed by atoms with Crippen molar-refractivity contribution < 1.29 is 13.6 Å². The fraction of sp³-hybridized carbons (Fsp3) is 0.385. The lowest BCUT2D eigenvalue weighted by Gasteiger charge is -2.17. The van der Waals surface area contributed by atoms with Crippen LogP contribution < -0.4 is 5.32 Å². The van der Waals surface area contributed by atoms with Crippen molar-refractivity contribution in [2.75, 3.05) is 6.54 Å². The van der Waals surface area contributed by atoms with E-state index >= 15 is 0 Å². The Hall–Kier alpha value is -1.56. The Bertz CT molecular complexity index is 545. The Kier molecular flexibility index (Phi) is 3.54. The second kappa shape index (κ2) is 4.85. The molecule has 0 bridgehead atoms. The zero-order valence-corrected chi connectivity index (χ0v) is 11.5. The van der Waals surface area contributed by atoms with Crippen LogP contribution in [0, 0.1) is 11.6 Å². The van der Waals surface area contributed by atoms with Crippen molar-refractivity contribution in [1.82, 2.24) is 10.2 Å². The Morgan fingerprint density at radius 1 is 1.47 bits per heavy atom. The van der Waals surface area contributed by atoms with E-state index < -0.39 is 11.6 Å². The molecule has 102 valence electrons. The van der Waals surface area contributed by atoms with Crippen LogP contribution in [-0.2, 0) is 11.2 Å². The van der Waals surface area contributed by atoms with Crippen molar-refractivity contribution in [3.05, 3.63) is 35.4 Å². The summed E-state index contributed by atoms with van der Waals surface area (Å²) in [5.41, 5.74) is -0.118. The highest BCUT2D eigenvalue weighted by Crippen LogP contribution is 2.17. The van der Waals surface area contributed by atoms with Crippen LogP contribution in [0.15, 0.2) is 18.2 Å². The minimum Gasteiger partial charge on any atom is -0.356 e. The third kappa shape index (κ3) is 3.07. The SMILES string of the molecule is CC1(C)CN(C(=O)Cc2ccc(F)cc2F)C(=S)N1. The van der Waals surface area contributed by atoms with Crippen LogP contribution in [0.5, 0.6) is 0 Å². The standard InChI is InChI=1S/C13H14F2N2OS/c1-13(2)7-17(12(19)16-13)11(18)5-8-3-4-9(14)6-10(8)15/h3-4,6H,5,7H2,1-2H3,(H,16,19). The van der Waals surface area contributed by atoms with Gasteiger partial charge in [0, 0.05) is 6.07 Å². The maximum absolute atomic E-state index is 13.5. The van der Waals surface area contributed by atoms with Crippen LogP contribution in [0.3, 0.4) is 0 Å². The highest BCUT2D eigenvalue weighted by molar-refractivity contribution is 7.80. The van der Waals surface area contributed by atoms with Gasteiger partial charge in [0.1, 0.15) is 11.6 Å². The predicted molar refractivity (Wildman–Crippen MR) is 71.6 cm³/mol. The number of amides is 1. The molecule has 0 atom stereocenters. The number of halogens is 2. The molecule has 1 amide bonds. The fourth-order valence-electron chi connectivity index (χ4n) is 1.99. The lowest BCUT2D eigenvalue weighted by atomic mass is 10.1. The second-order valence-corrected chi connectivity index (χ2v) is 5.59. The van der Waals surface area contributed by atoms with Gasteiger partial charge in [0.2, 0.25) is 5.91 Å². The molecule has 1 aliphatic rings. The maximum Gasteiger partial charge on any atom is 0.233 e. The van der Waals surface area contributed by atoms with Gasteiger partial charge in [-0.15, -0.1) is 0 Å². The van der Waals surface area contributed by atoms with E-state index in [2.05, 4.69) is 5.32 Å². The summed E-state index contributed by atoms with van der Waals surface area (Å²) in [7, 11) is 0. The lowest BCUT2D eigenvalue weighted by Crippen LogP contribution is -2.36. The van der Waals surface area contributed by atoms with Crippen molar-refractivity contribution in [2.45, 2.75) is 25.8 Å². The van der Waals surface area contributed by atoms with Gasteiger partial charge in [0.05, 0.1) is 18.5 Å². The summed E-state index contributed by atoms with van der Waals surface area (Å²) in [5, 5.41) is 3.36. The maximum atomic E-state index is 13.5. The highest BCUT2D eigenvalue weighted by Gasteiger charge is 2.35. The summed E-state index contributed by atoms with van der Waals surface area (Å²) in [4.78, 5) is 13.5. The van der Waals surface area contributed by atoms with E-state index in [0.29, 0.717) is 11.7 Å². The van der Waals surface area contributed by atoms with Crippen molar-refractivity contribution in [2.24, 2.45) is 0 Å². The Balaban J connectivity index is 2.12. The predicted octanol–water partition coefficient (Wildman–Crippen LogP) is 2.00. The molecule has 0 spiro atoms. The van der Waals surface area contributed by atoms with E-state index in [1.54, 1.807) is 0 Å². The second-order valence-electron chi connectivity index (χ2n) is 5.21.